The van der Waals surface area contributed by atoms with Crippen molar-refractivity contribution in [3.63, 3.8) is 0 Å². The van der Waals surface area contributed by atoms with Crippen LogP contribution < -0.4 is 14.9 Å². The zero-order chi connectivity index (χ0) is 21.1. The van der Waals surface area contributed by atoms with Crippen LogP contribution in [-0.4, -0.2) is 29.9 Å². The Bertz CT molecular complexity index is 1220. The second-order valence-corrected chi connectivity index (χ2v) is 7.72. The third-order valence-corrected chi connectivity index (χ3v) is 5.77. The Labute approximate surface area is 179 Å². The molecule has 0 saturated heterocycles. The molecule has 0 fully saturated rings. The highest BCUT2D eigenvalue weighted by atomic mass is 32.1. The number of benzene rings is 2. The van der Waals surface area contributed by atoms with E-state index < -0.39 is 0 Å². The molecule has 4 aromatic rings. The summed E-state index contributed by atoms with van der Waals surface area (Å²) < 4.78 is 10.7. The maximum atomic E-state index is 5.39. The van der Waals surface area contributed by atoms with Crippen LogP contribution in [0, 0.1) is 6.92 Å². The number of hydrogen-bond donors (Lipinski definition) is 1. The lowest BCUT2D eigenvalue weighted by molar-refractivity contribution is 0.355. The number of methoxy groups -OCH3 is 2. The molecule has 0 aliphatic carbocycles. The molecule has 0 aliphatic rings. The first-order chi connectivity index (χ1) is 14.6. The molecule has 0 spiro atoms. The van der Waals surface area contributed by atoms with Gasteiger partial charge in [0.1, 0.15) is 10.7 Å². The maximum absolute atomic E-state index is 5.39. The fourth-order valence-electron chi connectivity index (χ4n) is 3.12. The van der Waals surface area contributed by atoms with Crippen molar-refractivity contribution in [1.29, 1.82) is 0 Å². The van der Waals surface area contributed by atoms with Gasteiger partial charge in [0, 0.05) is 10.4 Å². The van der Waals surface area contributed by atoms with Gasteiger partial charge in [0.05, 0.1) is 25.3 Å². The van der Waals surface area contributed by atoms with Crippen molar-refractivity contribution in [2.75, 3.05) is 19.6 Å². The summed E-state index contributed by atoms with van der Waals surface area (Å²) in [7, 11) is 3.24. The quantitative estimate of drug-likeness (QED) is 0.330. The van der Waals surface area contributed by atoms with Gasteiger partial charge in [-0.05, 0) is 43.7 Å². The minimum atomic E-state index is 0.662. The summed E-state index contributed by atoms with van der Waals surface area (Å²) in [5.74, 6) is 2.73. The summed E-state index contributed by atoms with van der Waals surface area (Å²) >= 11 is 1.65. The Morgan fingerprint density at radius 1 is 0.967 bits per heavy atom. The van der Waals surface area contributed by atoms with Crippen LogP contribution in [0.3, 0.4) is 0 Å². The fraction of sp³-hybridized carbons (Fsp3) is 0.174. The Morgan fingerprint density at radius 3 is 2.47 bits per heavy atom. The summed E-state index contributed by atoms with van der Waals surface area (Å²) in [5, 5.41) is 5.51. The monoisotopic (exact) mass is 418 g/mol. The number of thiophene rings is 1. The van der Waals surface area contributed by atoms with Crippen LogP contribution in [0.1, 0.15) is 18.3 Å². The van der Waals surface area contributed by atoms with Crippen molar-refractivity contribution in [3.8, 4) is 21.9 Å². The van der Waals surface area contributed by atoms with Crippen molar-refractivity contribution in [2.45, 2.75) is 13.8 Å². The predicted octanol–water partition coefficient (Wildman–Crippen LogP) is 5.52. The van der Waals surface area contributed by atoms with Gasteiger partial charge in [0.15, 0.2) is 17.3 Å². The summed E-state index contributed by atoms with van der Waals surface area (Å²) in [6, 6.07) is 18.1. The summed E-state index contributed by atoms with van der Waals surface area (Å²) in [6.45, 7) is 3.82. The van der Waals surface area contributed by atoms with Gasteiger partial charge in [-0.25, -0.2) is 9.97 Å². The molecule has 1 N–H and O–H groups in total. The number of nitrogens with one attached hydrogen (secondary N) is 1. The van der Waals surface area contributed by atoms with Crippen molar-refractivity contribution in [3.05, 3.63) is 66.0 Å². The molecule has 30 heavy (non-hydrogen) atoms. The van der Waals surface area contributed by atoms with Gasteiger partial charge in [-0.2, -0.15) is 5.10 Å². The summed E-state index contributed by atoms with van der Waals surface area (Å²) in [4.78, 5) is 11.2. The molecule has 2 aromatic carbocycles. The van der Waals surface area contributed by atoms with Crippen LogP contribution >= 0.6 is 11.3 Å². The van der Waals surface area contributed by atoms with Crippen LogP contribution in [-0.2, 0) is 0 Å². The van der Waals surface area contributed by atoms with E-state index in [1.54, 1.807) is 25.6 Å². The van der Waals surface area contributed by atoms with Gasteiger partial charge in [-0.1, -0.05) is 30.3 Å². The third kappa shape index (κ3) is 3.97. The SMILES string of the molecule is COc1ccc(C(C)=NNc2nc(C)nc3sc(-c4ccccc4)cc23)cc1OC. The molecule has 0 radical (unpaired) electrons. The minimum Gasteiger partial charge on any atom is -0.493 e. The van der Waals surface area contributed by atoms with Gasteiger partial charge in [-0.3, -0.25) is 5.43 Å². The number of fused-ring (bicyclic) bond motifs is 1. The van der Waals surface area contributed by atoms with Crippen LogP contribution in [0.25, 0.3) is 20.7 Å². The highest BCUT2D eigenvalue weighted by Gasteiger charge is 2.12. The lowest BCUT2D eigenvalue weighted by Gasteiger charge is -2.10. The normalized spacial score (nSPS) is 11.5. The largest absolute Gasteiger partial charge is 0.493 e. The minimum absolute atomic E-state index is 0.662. The molecule has 2 aromatic heterocycles. The first kappa shape index (κ1) is 19.8. The third-order valence-electron chi connectivity index (χ3n) is 4.69. The average Bonchev–Trinajstić information content (AvgIpc) is 3.21. The second kappa shape index (κ2) is 8.51. The van der Waals surface area contributed by atoms with Gasteiger partial charge < -0.3 is 9.47 Å². The number of aromatic nitrogens is 2. The molecule has 7 heteroatoms. The van der Waals surface area contributed by atoms with E-state index in [0.29, 0.717) is 23.1 Å². The summed E-state index contributed by atoms with van der Waals surface area (Å²) in [6.07, 6.45) is 0. The first-order valence-electron chi connectivity index (χ1n) is 9.45. The molecule has 2 heterocycles. The molecule has 6 nitrogen and oxygen atoms in total. The van der Waals surface area contributed by atoms with E-state index in [2.05, 4.69) is 38.7 Å². The highest BCUT2D eigenvalue weighted by Crippen LogP contribution is 2.35. The number of nitrogens with zero attached hydrogens (tertiary/aromatic N) is 3. The van der Waals surface area contributed by atoms with E-state index in [0.717, 1.165) is 31.9 Å². The van der Waals surface area contributed by atoms with E-state index in [9.17, 15) is 0 Å². The van der Waals surface area contributed by atoms with Gasteiger partial charge in [0.2, 0.25) is 0 Å². The highest BCUT2D eigenvalue weighted by molar-refractivity contribution is 7.21. The molecular weight excluding hydrogens is 396 g/mol. The van der Waals surface area contributed by atoms with E-state index in [1.165, 1.54) is 0 Å². The predicted molar refractivity (Wildman–Crippen MR) is 123 cm³/mol. The Kier molecular flexibility index (Phi) is 5.63. The van der Waals surface area contributed by atoms with Gasteiger partial charge >= 0.3 is 0 Å². The molecule has 4 rings (SSSR count). The number of rotatable bonds is 6. The smallest absolute Gasteiger partial charge is 0.161 e. The molecular formula is C23H22N4O2S. The zero-order valence-electron chi connectivity index (χ0n) is 17.3. The number of ether oxygens (including phenoxy) is 2. The van der Waals surface area contributed by atoms with E-state index in [4.69, 9.17) is 9.47 Å². The number of aryl methyl sites for hydroxylation is 1. The standard InChI is InChI=1S/C23H22N4O2S/c1-14(17-10-11-19(28-3)20(12-17)29-4)26-27-22-18-13-21(16-8-6-5-7-9-16)30-23(18)25-15(2)24-22/h5-13H,1-4H3,(H,24,25,27). The Morgan fingerprint density at radius 2 is 1.73 bits per heavy atom. The van der Waals surface area contributed by atoms with E-state index >= 15 is 0 Å². The lowest BCUT2D eigenvalue weighted by atomic mass is 10.1. The average molecular weight is 419 g/mol. The van der Waals surface area contributed by atoms with Crippen molar-refractivity contribution in [1.82, 2.24) is 9.97 Å². The molecule has 0 bridgehead atoms. The molecule has 0 aliphatic heterocycles. The van der Waals surface area contributed by atoms with Crippen LogP contribution in [0.5, 0.6) is 11.5 Å². The molecule has 152 valence electrons. The maximum Gasteiger partial charge on any atom is 0.161 e. The van der Waals surface area contributed by atoms with E-state index in [1.807, 2.05) is 50.2 Å². The van der Waals surface area contributed by atoms with Crippen LogP contribution in [0.4, 0.5) is 5.82 Å². The first-order valence-corrected chi connectivity index (χ1v) is 10.3. The lowest BCUT2D eigenvalue weighted by Crippen LogP contribution is -2.03. The Hall–Kier alpha value is -3.45. The van der Waals surface area contributed by atoms with Crippen molar-refractivity contribution >= 4 is 33.1 Å². The van der Waals surface area contributed by atoms with Crippen molar-refractivity contribution < 1.29 is 9.47 Å². The summed E-state index contributed by atoms with van der Waals surface area (Å²) in [5.41, 5.74) is 6.02. The zero-order valence-corrected chi connectivity index (χ0v) is 18.1. The van der Waals surface area contributed by atoms with E-state index in [-0.39, 0.29) is 0 Å². The molecule has 0 amide bonds. The topological polar surface area (TPSA) is 68.6 Å². The number of hydrogen-bond acceptors (Lipinski definition) is 7. The fourth-order valence-corrected chi connectivity index (χ4v) is 4.20. The van der Waals surface area contributed by atoms with Gasteiger partial charge in [-0.15, -0.1) is 11.3 Å². The Balaban J connectivity index is 1.67. The van der Waals surface area contributed by atoms with Crippen molar-refractivity contribution in [2.24, 2.45) is 5.10 Å². The van der Waals surface area contributed by atoms with Gasteiger partial charge in [0.25, 0.3) is 0 Å². The molecule has 0 atom stereocenters. The second-order valence-electron chi connectivity index (χ2n) is 6.69. The molecule has 0 unspecified atom stereocenters. The number of anilines is 1. The molecule has 0 saturated carbocycles. The number of hydrazone groups is 1. The van der Waals surface area contributed by atoms with Crippen LogP contribution in [0.2, 0.25) is 0 Å². The van der Waals surface area contributed by atoms with Crippen LogP contribution in [0.15, 0.2) is 59.7 Å².